The minimum absolute atomic E-state index is 0.103. The van der Waals surface area contributed by atoms with E-state index in [2.05, 4.69) is 26.1 Å². The quantitative estimate of drug-likeness (QED) is 0.470. The van der Waals surface area contributed by atoms with Gasteiger partial charge in [0, 0.05) is 17.1 Å². The zero-order chi connectivity index (χ0) is 28.2. The number of anilines is 1. The SMILES string of the molecule is CC[C@H](C(=O)NC(C)(C)C)N(Cc1ccc(Cl)cc1)C(=O)CN(c1ccc(C(C)(C)C)cc1)S(C)(=O)=O. The normalized spacial score (nSPS) is 13.1. The largest absolute Gasteiger partial charge is 0.350 e. The maximum atomic E-state index is 13.8. The molecule has 0 bridgehead atoms. The molecule has 204 valence electrons. The lowest BCUT2D eigenvalue weighted by molar-refractivity contribution is -0.141. The smallest absolute Gasteiger partial charge is 0.244 e. The maximum Gasteiger partial charge on any atom is 0.244 e. The number of rotatable bonds is 9. The van der Waals surface area contributed by atoms with Gasteiger partial charge < -0.3 is 10.2 Å². The summed E-state index contributed by atoms with van der Waals surface area (Å²) in [6.07, 6.45) is 1.44. The third-order valence-electron chi connectivity index (χ3n) is 5.85. The van der Waals surface area contributed by atoms with Crippen LogP contribution in [0.4, 0.5) is 5.69 Å². The molecule has 2 aromatic rings. The fourth-order valence-electron chi connectivity index (χ4n) is 3.90. The van der Waals surface area contributed by atoms with Crippen LogP contribution in [0.15, 0.2) is 48.5 Å². The Morgan fingerprint density at radius 1 is 0.946 bits per heavy atom. The minimum atomic E-state index is -3.79. The monoisotopic (exact) mass is 549 g/mol. The molecule has 1 N–H and O–H groups in total. The molecule has 7 nitrogen and oxygen atoms in total. The number of carbonyl (C=O) groups is 2. The molecule has 0 unspecified atom stereocenters. The van der Waals surface area contributed by atoms with Crippen LogP contribution in [-0.4, -0.2) is 49.5 Å². The van der Waals surface area contributed by atoms with Crippen molar-refractivity contribution in [2.45, 2.75) is 78.4 Å². The van der Waals surface area contributed by atoms with Crippen molar-refractivity contribution in [1.29, 1.82) is 0 Å². The second kappa shape index (κ2) is 11.9. The fraction of sp³-hybridized carbons (Fsp3) is 0.500. The highest BCUT2D eigenvalue weighted by molar-refractivity contribution is 7.92. The number of amides is 2. The molecule has 0 radical (unpaired) electrons. The van der Waals surface area contributed by atoms with Gasteiger partial charge in [0.25, 0.3) is 0 Å². The summed E-state index contributed by atoms with van der Waals surface area (Å²) in [6, 6.07) is 13.4. The van der Waals surface area contributed by atoms with Crippen LogP contribution in [0.25, 0.3) is 0 Å². The van der Waals surface area contributed by atoms with Gasteiger partial charge in [-0.3, -0.25) is 13.9 Å². The van der Waals surface area contributed by atoms with Crippen LogP contribution in [0, 0.1) is 0 Å². The van der Waals surface area contributed by atoms with E-state index in [1.54, 1.807) is 36.4 Å². The minimum Gasteiger partial charge on any atom is -0.350 e. The number of sulfonamides is 1. The number of carbonyl (C=O) groups excluding carboxylic acids is 2. The summed E-state index contributed by atoms with van der Waals surface area (Å²) in [5.74, 6) is -0.770. The van der Waals surface area contributed by atoms with Crippen LogP contribution in [0.5, 0.6) is 0 Å². The number of hydrogen-bond acceptors (Lipinski definition) is 4. The molecule has 0 aliphatic rings. The van der Waals surface area contributed by atoms with Crippen molar-refractivity contribution in [3.8, 4) is 0 Å². The molecule has 37 heavy (non-hydrogen) atoms. The van der Waals surface area contributed by atoms with E-state index in [1.807, 2.05) is 39.8 Å². The molecule has 0 saturated heterocycles. The van der Waals surface area contributed by atoms with E-state index in [9.17, 15) is 18.0 Å². The Bertz CT molecular complexity index is 1180. The topological polar surface area (TPSA) is 86.8 Å². The summed E-state index contributed by atoms with van der Waals surface area (Å²) in [7, 11) is -3.79. The molecule has 0 fully saturated rings. The fourth-order valence-corrected chi connectivity index (χ4v) is 4.88. The van der Waals surface area contributed by atoms with Crippen molar-refractivity contribution in [2.75, 3.05) is 17.1 Å². The van der Waals surface area contributed by atoms with Gasteiger partial charge in [0.2, 0.25) is 21.8 Å². The first-order valence-corrected chi connectivity index (χ1v) is 14.6. The van der Waals surface area contributed by atoms with Crippen LogP contribution in [0.3, 0.4) is 0 Å². The molecule has 2 aromatic carbocycles. The molecule has 1 atom stereocenters. The van der Waals surface area contributed by atoms with Crippen LogP contribution in [0.2, 0.25) is 5.02 Å². The van der Waals surface area contributed by atoms with Crippen LogP contribution >= 0.6 is 11.6 Å². The molecule has 0 aliphatic carbocycles. The Morgan fingerprint density at radius 2 is 1.49 bits per heavy atom. The van der Waals surface area contributed by atoms with Gasteiger partial charge in [-0.1, -0.05) is 63.6 Å². The zero-order valence-corrected chi connectivity index (χ0v) is 24.7. The highest BCUT2D eigenvalue weighted by Crippen LogP contribution is 2.26. The number of nitrogens with zero attached hydrogens (tertiary/aromatic N) is 2. The van der Waals surface area contributed by atoms with Gasteiger partial charge in [-0.2, -0.15) is 0 Å². The number of halogens is 1. The standard InChI is InChI=1S/C28H40ClN3O4S/c1-9-24(26(34)30-28(5,6)7)31(18-20-10-14-22(29)15-11-20)25(33)19-32(37(8,35)36)23-16-12-21(13-17-23)27(2,3)4/h10-17,24H,9,18-19H2,1-8H3,(H,30,34)/t24-/m1/s1. The molecular formula is C28H40ClN3O4S. The molecular weight excluding hydrogens is 510 g/mol. The summed E-state index contributed by atoms with van der Waals surface area (Å²) in [4.78, 5) is 28.4. The highest BCUT2D eigenvalue weighted by atomic mass is 35.5. The molecule has 0 aliphatic heterocycles. The van der Waals surface area contributed by atoms with Gasteiger partial charge in [0.1, 0.15) is 12.6 Å². The van der Waals surface area contributed by atoms with Gasteiger partial charge in [-0.25, -0.2) is 8.42 Å². The summed E-state index contributed by atoms with van der Waals surface area (Å²) in [6.45, 7) is 13.4. The van der Waals surface area contributed by atoms with Gasteiger partial charge in [-0.15, -0.1) is 0 Å². The lowest BCUT2D eigenvalue weighted by Crippen LogP contribution is -2.55. The van der Waals surface area contributed by atoms with Crippen LogP contribution < -0.4 is 9.62 Å². The van der Waals surface area contributed by atoms with Crippen molar-refractivity contribution >= 4 is 39.1 Å². The summed E-state index contributed by atoms with van der Waals surface area (Å²) in [5.41, 5.74) is 1.62. The van der Waals surface area contributed by atoms with E-state index >= 15 is 0 Å². The van der Waals surface area contributed by atoms with Crippen molar-refractivity contribution in [3.05, 3.63) is 64.7 Å². The van der Waals surface area contributed by atoms with E-state index < -0.39 is 34.1 Å². The third-order valence-corrected chi connectivity index (χ3v) is 7.24. The number of hydrogen-bond donors (Lipinski definition) is 1. The van der Waals surface area contributed by atoms with E-state index in [-0.39, 0.29) is 17.9 Å². The molecule has 0 heterocycles. The summed E-state index contributed by atoms with van der Waals surface area (Å²) < 4.78 is 26.7. The summed E-state index contributed by atoms with van der Waals surface area (Å²) in [5, 5.41) is 3.51. The van der Waals surface area contributed by atoms with Crippen molar-refractivity contribution < 1.29 is 18.0 Å². The van der Waals surface area contributed by atoms with Crippen LogP contribution in [-0.2, 0) is 31.6 Å². The van der Waals surface area contributed by atoms with E-state index in [0.29, 0.717) is 17.1 Å². The van der Waals surface area contributed by atoms with Gasteiger partial charge in [0.15, 0.2) is 0 Å². The summed E-state index contributed by atoms with van der Waals surface area (Å²) >= 11 is 6.03. The molecule has 0 spiro atoms. The lowest BCUT2D eigenvalue weighted by atomic mass is 9.87. The predicted octanol–water partition coefficient (Wildman–Crippen LogP) is 5.13. The Kier molecular flexibility index (Phi) is 9.82. The lowest BCUT2D eigenvalue weighted by Gasteiger charge is -2.34. The molecule has 2 amide bonds. The first kappa shape index (κ1) is 30.6. The molecule has 0 saturated carbocycles. The Hall–Kier alpha value is -2.58. The van der Waals surface area contributed by atoms with Gasteiger partial charge in [-0.05, 0) is 68.0 Å². The van der Waals surface area contributed by atoms with Gasteiger partial charge >= 0.3 is 0 Å². The van der Waals surface area contributed by atoms with Crippen molar-refractivity contribution in [3.63, 3.8) is 0 Å². The zero-order valence-electron chi connectivity index (χ0n) is 23.1. The average Bonchev–Trinajstić information content (AvgIpc) is 2.76. The third kappa shape index (κ3) is 9.04. The first-order chi connectivity index (χ1) is 16.9. The van der Waals surface area contributed by atoms with Crippen molar-refractivity contribution in [2.24, 2.45) is 0 Å². The van der Waals surface area contributed by atoms with Crippen LogP contribution in [0.1, 0.15) is 66.0 Å². The van der Waals surface area contributed by atoms with Gasteiger partial charge in [0.05, 0.1) is 11.9 Å². The van der Waals surface area contributed by atoms with Crippen molar-refractivity contribution in [1.82, 2.24) is 10.2 Å². The maximum absolute atomic E-state index is 13.8. The molecule has 0 aromatic heterocycles. The second-order valence-electron chi connectivity index (χ2n) is 11.4. The average molecular weight is 550 g/mol. The number of benzene rings is 2. The molecule has 9 heteroatoms. The highest BCUT2D eigenvalue weighted by Gasteiger charge is 2.33. The predicted molar refractivity (Wildman–Crippen MR) is 151 cm³/mol. The Labute approximate surface area is 227 Å². The number of nitrogens with one attached hydrogen (secondary N) is 1. The molecule has 2 rings (SSSR count). The second-order valence-corrected chi connectivity index (χ2v) is 13.7. The Balaban J connectivity index is 2.46. The Morgan fingerprint density at radius 3 is 1.92 bits per heavy atom. The van der Waals surface area contributed by atoms with E-state index in [4.69, 9.17) is 11.6 Å². The van der Waals surface area contributed by atoms with E-state index in [1.165, 1.54) is 4.90 Å². The van der Waals surface area contributed by atoms with E-state index in [0.717, 1.165) is 21.7 Å². The first-order valence-electron chi connectivity index (χ1n) is 12.4.